The zero-order valence-electron chi connectivity index (χ0n) is 13.9. The van der Waals surface area contributed by atoms with E-state index in [0.29, 0.717) is 11.4 Å². The van der Waals surface area contributed by atoms with Gasteiger partial charge in [0, 0.05) is 23.6 Å². The van der Waals surface area contributed by atoms with Crippen LogP contribution in [0.5, 0.6) is 0 Å². The fourth-order valence-electron chi connectivity index (χ4n) is 2.64. The lowest BCUT2D eigenvalue weighted by atomic mass is 10.2. The first kappa shape index (κ1) is 18.3. The van der Waals surface area contributed by atoms with Gasteiger partial charge < -0.3 is 4.57 Å². The number of alkyl halides is 3. The SMILES string of the molecule is CC(C)N1C(=O)S/C(=C\c2cccn2-c2cccc(C(F)(F)F)c2)C1=O. The van der Waals surface area contributed by atoms with E-state index in [-0.39, 0.29) is 16.2 Å². The third-order valence-electron chi connectivity index (χ3n) is 3.85. The van der Waals surface area contributed by atoms with E-state index >= 15 is 0 Å². The molecule has 0 N–H and O–H groups in total. The number of aromatic nitrogens is 1. The number of thioether (sulfide) groups is 1. The minimum absolute atomic E-state index is 0.246. The maximum Gasteiger partial charge on any atom is 0.416 e. The molecule has 1 aliphatic heterocycles. The maximum atomic E-state index is 12.9. The molecule has 0 unspecified atom stereocenters. The highest BCUT2D eigenvalue weighted by Crippen LogP contribution is 2.34. The summed E-state index contributed by atoms with van der Waals surface area (Å²) in [6, 6.07) is 7.99. The van der Waals surface area contributed by atoms with E-state index in [9.17, 15) is 22.8 Å². The van der Waals surface area contributed by atoms with Gasteiger partial charge in [-0.2, -0.15) is 13.2 Å². The van der Waals surface area contributed by atoms with Crippen molar-refractivity contribution in [1.29, 1.82) is 0 Å². The van der Waals surface area contributed by atoms with Crippen LogP contribution < -0.4 is 0 Å². The van der Waals surface area contributed by atoms with Crippen molar-refractivity contribution in [2.75, 3.05) is 0 Å². The molecular formula is C18H15F3N2O2S. The summed E-state index contributed by atoms with van der Waals surface area (Å²) in [5.74, 6) is -0.396. The molecule has 136 valence electrons. The third kappa shape index (κ3) is 3.41. The standard InChI is InChI=1S/C18H15F3N2O2S/c1-11(2)23-16(24)15(26-17(23)25)10-14-7-4-8-22(14)13-6-3-5-12(9-13)18(19,20)21/h3-11H,1-2H3/b15-10-. The average Bonchev–Trinajstić information content (AvgIpc) is 3.11. The van der Waals surface area contributed by atoms with Crippen LogP contribution in [0.4, 0.5) is 18.0 Å². The lowest BCUT2D eigenvalue weighted by Gasteiger charge is -2.16. The molecule has 0 bridgehead atoms. The lowest BCUT2D eigenvalue weighted by Crippen LogP contribution is -2.34. The summed E-state index contributed by atoms with van der Waals surface area (Å²) in [5.41, 5.74) is 0.0764. The predicted molar refractivity (Wildman–Crippen MR) is 93.7 cm³/mol. The van der Waals surface area contributed by atoms with Crippen LogP contribution in [0.15, 0.2) is 47.5 Å². The number of amides is 2. The van der Waals surface area contributed by atoms with Crippen LogP contribution >= 0.6 is 11.8 Å². The summed E-state index contributed by atoms with van der Waals surface area (Å²) >= 11 is 0.825. The molecule has 8 heteroatoms. The molecule has 0 spiro atoms. The molecule has 1 aliphatic rings. The normalized spacial score (nSPS) is 17.0. The Kier molecular flexibility index (Phi) is 4.70. The van der Waals surface area contributed by atoms with E-state index in [1.165, 1.54) is 12.1 Å². The van der Waals surface area contributed by atoms with Crippen molar-refractivity contribution in [2.45, 2.75) is 26.1 Å². The first-order valence-corrected chi connectivity index (χ1v) is 8.62. The first-order valence-electron chi connectivity index (χ1n) is 7.80. The van der Waals surface area contributed by atoms with E-state index in [1.54, 1.807) is 42.8 Å². The van der Waals surface area contributed by atoms with Crippen molar-refractivity contribution in [3.63, 3.8) is 0 Å². The molecule has 2 amide bonds. The van der Waals surface area contributed by atoms with E-state index in [1.807, 2.05) is 0 Å². The number of halogens is 3. The van der Waals surface area contributed by atoms with Gasteiger partial charge in [-0.25, -0.2) is 0 Å². The van der Waals surface area contributed by atoms with E-state index in [2.05, 4.69) is 0 Å². The lowest BCUT2D eigenvalue weighted by molar-refractivity contribution is -0.137. The largest absolute Gasteiger partial charge is 0.416 e. The Morgan fingerprint density at radius 2 is 1.85 bits per heavy atom. The summed E-state index contributed by atoms with van der Waals surface area (Å²) in [5, 5.41) is -0.353. The summed E-state index contributed by atoms with van der Waals surface area (Å²) in [6.45, 7) is 3.48. The van der Waals surface area contributed by atoms with Crippen molar-refractivity contribution < 1.29 is 22.8 Å². The number of benzene rings is 1. The van der Waals surface area contributed by atoms with Crippen LogP contribution in [-0.4, -0.2) is 26.7 Å². The summed E-state index contributed by atoms with van der Waals surface area (Å²) in [7, 11) is 0. The topological polar surface area (TPSA) is 42.3 Å². The number of rotatable bonds is 3. The molecular weight excluding hydrogens is 365 g/mol. The minimum Gasteiger partial charge on any atom is -0.317 e. The Balaban J connectivity index is 1.98. The molecule has 1 saturated heterocycles. The molecule has 0 aliphatic carbocycles. The minimum atomic E-state index is -4.44. The number of carbonyl (C=O) groups is 2. The van der Waals surface area contributed by atoms with Gasteiger partial charge in [-0.1, -0.05) is 6.07 Å². The molecule has 26 heavy (non-hydrogen) atoms. The summed E-state index contributed by atoms with van der Waals surface area (Å²) < 4.78 is 40.4. The van der Waals surface area contributed by atoms with E-state index < -0.39 is 17.6 Å². The van der Waals surface area contributed by atoms with Gasteiger partial charge in [0.15, 0.2) is 0 Å². The van der Waals surface area contributed by atoms with E-state index in [4.69, 9.17) is 0 Å². The van der Waals surface area contributed by atoms with Gasteiger partial charge in [0.1, 0.15) is 0 Å². The zero-order chi connectivity index (χ0) is 19.1. The molecule has 1 aromatic heterocycles. The molecule has 4 nitrogen and oxygen atoms in total. The van der Waals surface area contributed by atoms with Crippen molar-refractivity contribution in [3.8, 4) is 5.69 Å². The highest BCUT2D eigenvalue weighted by molar-refractivity contribution is 8.18. The molecule has 1 fully saturated rings. The summed E-state index contributed by atoms with van der Waals surface area (Å²) in [4.78, 5) is 25.8. The van der Waals surface area contributed by atoms with Crippen LogP contribution in [0.1, 0.15) is 25.1 Å². The monoisotopic (exact) mass is 380 g/mol. The Hall–Kier alpha value is -2.48. The molecule has 2 aromatic rings. The number of nitrogens with zero attached hydrogens (tertiary/aromatic N) is 2. The number of imide groups is 1. The Morgan fingerprint density at radius 1 is 1.12 bits per heavy atom. The fourth-order valence-corrected chi connectivity index (χ4v) is 3.58. The number of hydrogen-bond donors (Lipinski definition) is 0. The van der Waals surface area contributed by atoms with Gasteiger partial charge in [-0.05, 0) is 62.0 Å². The van der Waals surface area contributed by atoms with Crippen LogP contribution in [0.2, 0.25) is 0 Å². The van der Waals surface area contributed by atoms with Gasteiger partial charge in [0.25, 0.3) is 11.1 Å². The number of hydrogen-bond acceptors (Lipinski definition) is 3. The second kappa shape index (κ2) is 6.68. The van der Waals surface area contributed by atoms with Crippen molar-refractivity contribution in [2.24, 2.45) is 0 Å². The van der Waals surface area contributed by atoms with Crippen LogP contribution in [-0.2, 0) is 11.0 Å². The maximum absolute atomic E-state index is 12.9. The fraction of sp³-hybridized carbons (Fsp3) is 0.222. The van der Waals surface area contributed by atoms with Crippen LogP contribution in [0, 0.1) is 0 Å². The van der Waals surface area contributed by atoms with Gasteiger partial charge in [-0.15, -0.1) is 0 Å². The van der Waals surface area contributed by atoms with Crippen molar-refractivity contribution >= 4 is 29.0 Å². The van der Waals surface area contributed by atoms with Gasteiger partial charge in [0.2, 0.25) is 0 Å². The summed E-state index contributed by atoms with van der Waals surface area (Å²) in [6.07, 6.45) is -1.31. The Bertz CT molecular complexity index is 900. The number of carbonyl (C=O) groups excluding carboxylic acids is 2. The molecule has 3 rings (SSSR count). The van der Waals surface area contributed by atoms with Crippen molar-refractivity contribution in [3.05, 3.63) is 58.8 Å². The van der Waals surface area contributed by atoms with E-state index in [0.717, 1.165) is 28.8 Å². The Labute approximate surface area is 152 Å². The molecule has 2 heterocycles. The third-order valence-corrected chi connectivity index (χ3v) is 4.73. The van der Waals surface area contributed by atoms with Crippen LogP contribution in [0.25, 0.3) is 11.8 Å². The van der Waals surface area contributed by atoms with Crippen molar-refractivity contribution in [1.82, 2.24) is 9.47 Å². The molecule has 0 radical (unpaired) electrons. The highest BCUT2D eigenvalue weighted by atomic mass is 32.2. The Morgan fingerprint density at radius 3 is 2.46 bits per heavy atom. The average molecular weight is 380 g/mol. The van der Waals surface area contributed by atoms with Gasteiger partial charge in [0.05, 0.1) is 10.5 Å². The second-order valence-electron chi connectivity index (χ2n) is 6.00. The van der Waals surface area contributed by atoms with Gasteiger partial charge >= 0.3 is 6.18 Å². The molecule has 0 saturated carbocycles. The van der Waals surface area contributed by atoms with Gasteiger partial charge in [-0.3, -0.25) is 14.5 Å². The van der Waals surface area contributed by atoms with Crippen LogP contribution in [0.3, 0.4) is 0 Å². The highest BCUT2D eigenvalue weighted by Gasteiger charge is 2.37. The quantitative estimate of drug-likeness (QED) is 0.709. The smallest absolute Gasteiger partial charge is 0.317 e. The second-order valence-corrected chi connectivity index (χ2v) is 6.99. The zero-order valence-corrected chi connectivity index (χ0v) is 14.8. The predicted octanol–water partition coefficient (Wildman–Crippen LogP) is 4.94. The first-order chi connectivity index (χ1) is 12.2. The molecule has 1 aromatic carbocycles. The molecule has 0 atom stereocenters.